The van der Waals surface area contributed by atoms with Gasteiger partial charge in [-0.2, -0.15) is 0 Å². The highest BCUT2D eigenvalue weighted by atomic mass is 14.7. The van der Waals surface area contributed by atoms with E-state index in [-0.39, 0.29) is 5.54 Å². The van der Waals surface area contributed by atoms with Crippen LogP contribution in [0.3, 0.4) is 0 Å². The van der Waals surface area contributed by atoms with Crippen molar-refractivity contribution >= 4 is 0 Å². The normalized spacial score (nSPS) is 11.9. The fourth-order valence-electron chi connectivity index (χ4n) is 0.725. The molecule has 2 heteroatoms. The van der Waals surface area contributed by atoms with Crippen LogP contribution < -0.4 is 5.73 Å². The zero-order valence-corrected chi connectivity index (χ0v) is 5.81. The van der Waals surface area contributed by atoms with Crippen LogP contribution in [0, 0.1) is 0 Å². The second-order valence-corrected chi connectivity index (χ2v) is 2.82. The van der Waals surface area contributed by atoms with Crippen LogP contribution in [0.4, 0.5) is 0 Å². The summed E-state index contributed by atoms with van der Waals surface area (Å²) >= 11 is 0. The van der Waals surface area contributed by atoms with Gasteiger partial charge in [-0.15, -0.1) is 0 Å². The quantitative estimate of drug-likeness (QED) is 0.580. The van der Waals surface area contributed by atoms with E-state index in [2.05, 4.69) is 4.98 Å². The summed E-state index contributed by atoms with van der Waals surface area (Å²) in [5.74, 6) is 0. The standard InChI is InChI=1S/C7H12N2/c1-7(2,8)6-3-4-9-5-6/h3-5,9H,8H2,1-2H3. The van der Waals surface area contributed by atoms with Crippen molar-refractivity contribution in [1.82, 2.24) is 4.98 Å². The molecular formula is C7H12N2. The van der Waals surface area contributed by atoms with Crippen LogP contribution in [0.15, 0.2) is 18.5 Å². The van der Waals surface area contributed by atoms with Gasteiger partial charge in [-0.1, -0.05) is 0 Å². The van der Waals surface area contributed by atoms with Crippen LogP contribution in [0.25, 0.3) is 0 Å². The number of aromatic amines is 1. The Morgan fingerprint density at radius 1 is 1.56 bits per heavy atom. The molecule has 50 valence electrons. The number of nitrogens with two attached hydrogens (primary N) is 1. The summed E-state index contributed by atoms with van der Waals surface area (Å²) in [7, 11) is 0. The highest BCUT2D eigenvalue weighted by Gasteiger charge is 2.12. The summed E-state index contributed by atoms with van der Waals surface area (Å²) in [5.41, 5.74) is 6.71. The third-order valence-corrected chi connectivity index (χ3v) is 1.34. The van der Waals surface area contributed by atoms with Crippen LogP contribution in [0.1, 0.15) is 19.4 Å². The zero-order chi connectivity index (χ0) is 6.91. The summed E-state index contributed by atoms with van der Waals surface area (Å²) < 4.78 is 0. The zero-order valence-electron chi connectivity index (χ0n) is 5.81. The molecular weight excluding hydrogens is 112 g/mol. The predicted octanol–water partition coefficient (Wildman–Crippen LogP) is 1.21. The molecule has 0 aliphatic carbocycles. The van der Waals surface area contributed by atoms with Gasteiger partial charge in [0.15, 0.2) is 0 Å². The van der Waals surface area contributed by atoms with E-state index in [1.54, 1.807) is 0 Å². The minimum absolute atomic E-state index is 0.208. The van der Waals surface area contributed by atoms with Crippen LogP contribution in [0.5, 0.6) is 0 Å². The lowest BCUT2D eigenvalue weighted by Gasteiger charge is -2.15. The van der Waals surface area contributed by atoms with Crippen LogP contribution in [-0.2, 0) is 5.54 Å². The molecule has 3 N–H and O–H groups in total. The highest BCUT2D eigenvalue weighted by molar-refractivity contribution is 5.17. The topological polar surface area (TPSA) is 41.8 Å². The number of H-pyrrole nitrogens is 1. The van der Waals surface area contributed by atoms with E-state index in [1.165, 1.54) is 0 Å². The Bertz CT molecular complexity index is 169. The van der Waals surface area contributed by atoms with Gasteiger partial charge in [0.1, 0.15) is 0 Å². The summed E-state index contributed by atoms with van der Waals surface area (Å²) in [6, 6.07) is 1.99. The van der Waals surface area contributed by atoms with Crippen molar-refractivity contribution in [2.24, 2.45) is 5.73 Å². The third kappa shape index (κ3) is 1.33. The smallest absolute Gasteiger partial charge is 0.0367 e. The molecule has 0 spiro atoms. The lowest BCUT2D eigenvalue weighted by molar-refractivity contribution is 0.555. The Morgan fingerprint density at radius 2 is 2.22 bits per heavy atom. The van der Waals surface area contributed by atoms with E-state index in [0.29, 0.717) is 0 Å². The molecule has 0 radical (unpaired) electrons. The maximum atomic E-state index is 5.78. The SMILES string of the molecule is CC(C)(N)c1cc[nH]c1. The van der Waals surface area contributed by atoms with Crippen LogP contribution >= 0.6 is 0 Å². The molecule has 0 fully saturated rings. The molecule has 0 aliphatic rings. The summed E-state index contributed by atoms with van der Waals surface area (Å²) in [5, 5.41) is 0. The van der Waals surface area contributed by atoms with Crippen molar-refractivity contribution in [3.8, 4) is 0 Å². The van der Waals surface area contributed by atoms with Gasteiger partial charge >= 0.3 is 0 Å². The van der Waals surface area contributed by atoms with Gasteiger partial charge in [0.2, 0.25) is 0 Å². The molecule has 0 unspecified atom stereocenters. The molecule has 1 heterocycles. The molecule has 1 aromatic heterocycles. The van der Waals surface area contributed by atoms with Crippen molar-refractivity contribution in [2.75, 3.05) is 0 Å². The van der Waals surface area contributed by atoms with Gasteiger partial charge in [-0.05, 0) is 25.5 Å². The van der Waals surface area contributed by atoms with E-state index >= 15 is 0 Å². The monoisotopic (exact) mass is 124 g/mol. The van der Waals surface area contributed by atoms with Crippen LogP contribution in [0.2, 0.25) is 0 Å². The average Bonchev–Trinajstić information content (AvgIpc) is 2.08. The predicted molar refractivity (Wildman–Crippen MR) is 38.0 cm³/mol. The second-order valence-electron chi connectivity index (χ2n) is 2.82. The minimum atomic E-state index is -0.208. The highest BCUT2D eigenvalue weighted by Crippen LogP contribution is 2.14. The first-order chi connectivity index (χ1) is 4.11. The van der Waals surface area contributed by atoms with E-state index < -0.39 is 0 Å². The summed E-state index contributed by atoms with van der Waals surface area (Å²) in [4.78, 5) is 2.96. The van der Waals surface area contributed by atoms with Gasteiger partial charge in [-0.25, -0.2) is 0 Å². The van der Waals surface area contributed by atoms with E-state index in [1.807, 2.05) is 32.3 Å². The van der Waals surface area contributed by atoms with Gasteiger partial charge in [0.25, 0.3) is 0 Å². The van der Waals surface area contributed by atoms with Crippen molar-refractivity contribution < 1.29 is 0 Å². The van der Waals surface area contributed by atoms with Gasteiger partial charge < -0.3 is 10.7 Å². The molecule has 0 saturated heterocycles. The Morgan fingerprint density at radius 3 is 2.44 bits per heavy atom. The first-order valence-electron chi connectivity index (χ1n) is 3.03. The molecule has 0 bridgehead atoms. The average molecular weight is 124 g/mol. The van der Waals surface area contributed by atoms with Crippen molar-refractivity contribution in [2.45, 2.75) is 19.4 Å². The van der Waals surface area contributed by atoms with Gasteiger partial charge in [0.05, 0.1) is 0 Å². The van der Waals surface area contributed by atoms with Crippen molar-refractivity contribution in [3.63, 3.8) is 0 Å². The first-order valence-corrected chi connectivity index (χ1v) is 3.03. The maximum absolute atomic E-state index is 5.78. The second kappa shape index (κ2) is 1.88. The number of hydrogen-bond donors (Lipinski definition) is 2. The molecule has 1 aromatic rings. The van der Waals surface area contributed by atoms with E-state index in [9.17, 15) is 0 Å². The molecule has 0 aromatic carbocycles. The lowest BCUT2D eigenvalue weighted by Crippen LogP contribution is -2.27. The number of hydrogen-bond acceptors (Lipinski definition) is 1. The van der Waals surface area contributed by atoms with Crippen LogP contribution in [-0.4, -0.2) is 4.98 Å². The minimum Gasteiger partial charge on any atom is -0.367 e. The molecule has 2 nitrogen and oxygen atoms in total. The Labute approximate surface area is 55.1 Å². The Kier molecular flexibility index (Phi) is 1.33. The van der Waals surface area contributed by atoms with Crippen molar-refractivity contribution in [1.29, 1.82) is 0 Å². The summed E-state index contributed by atoms with van der Waals surface area (Å²) in [6.45, 7) is 3.96. The number of aromatic nitrogens is 1. The van der Waals surface area contributed by atoms with E-state index in [4.69, 9.17) is 5.73 Å². The molecule has 9 heavy (non-hydrogen) atoms. The third-order valence-electron chi connectivity index (χ3n) is 1.34. The molecule has 0 amide bonds. The fraction of sp³-hybridized carbons (Fsp3) is 0.429. The van der Waals surface area contributed by atoms with Crippen molar-refractivity contribution in [3.05, 3.63) is 24.0 Å². The maximum Gasteiger partial charge on any atom is 0.0367 e. The van der Waals surface area contributed by atoms with Gasteiger partial charge in [0, 0.05) is 17.9 Å². The Balaban J connectivity index is 2.90. The molecule has 0 saturated carbocycles. The van der Waals surface area contributed by atoms with Gasteiger partial charge in [-0.3, -0.25) is 0 Å². The molecule has 0 atom stereocenters. The molecule has 0 aliphatic heterocycles. The fourth-order valence-corrected chi connectivity index (χ4v) is 0.725. The number of rotatable bonds is 1. The number of nitrogens with one attached hydrogen (secondary N) is 1. The first kappa shape index (κ1) is 6.36. The largest absolute Gasteiger partial charge is 0.367 e. The summed E-state index contributed by atoms with van der Waals surface area (Å²) in [6.07, 6.45) is 3.80. The van der Waals surface area contributed by atoms with E-state index in [0.717, 1.165) is 5.56 Å². The molecule has 1 rings (SSSR count). The Hall–Kier alpha value is -0.760. The lowest BCUT2D eigenvalue weighted by atomic mass is 9.99.